The van der Waals surface area contributed by atoms with Gasteiger partial charge in [-0.1, -0.05) is 0 Å². The number of alkyl halides is 3. The van der Waals surface area contributed by atoms with Crippen molar-refractivity contribution >= 4 is 5.78 Å². The maximum atomic E-state index is 11.7. The Morgan fingerprint density at radius 3 is 2.62 bits per heavy atom. The van der Waals surface area contributed by atoms with E-state index in [0.717, 1.165) is 0 Å². The van der Waals surface area contributed by atoms with Crippen LogP contribution in [-0.2, 0) is 0 Å². The van der Waals surface area contributed by atoms with Crippen LogP contribution in [0.15, 0.2) is 18.3 Å². The number of halogens is 3. The minimum Gasteiger partial charge on any atom is -0.359 e. The summed E-state index contributed by atoms with van der Waals surface area (Å²) < 4.78 is 35.1. The Hall–Kier alpha value is -1.26. The summed E-state index contributed by atoms with van der Waals surface area (Å²) in [7, 11) is 0. The van der Waals surface area contributed by atoms with E-state index >= 15 is 0 Å². The number of rotatable bonds is 3. The Bertz CT molecular complexity index is 276. The van der Waals surface area contributed by atoms with Gasteiger partial charge < -0.3 is 4.98 Å². The molecule has 0 amide bonds. The number of hydrogen-bond acceptors (Lipinski definition) is 1. The molecule has 1 heterocycles. The average molecular weight is 191 g/mol. The minimum atomic E-state index is -4.26. The third kappa shape index (κ3) is 3.31. The molecule has 0 bridgehead atoms. The van der Waals surface area contributed by atoms with Crippen LogP contribution < -0.4 is 0 Å². The van der Waals surface area contributed by atoms with Crippen molar-refractivity contribution in [2.75, 3.05) is 0 Å². The molecule has 0 atom stereocenters. The van der Waals surface area contributed by atoms with Crippen molar-refractivity contribution < 1.29 is 18.0 Å². The smallest absolute Gasteiger partial charge is 0.359 e. The first-order valence-electron chi connectivity index (χ1n) is 3.72. The van der Waals surface area contributed by atoms with Gasteiger partial charge in [0.05, 0.1) is 12.1 Å². The van der Waals surface area contributed by atoms with Crippen LogP contribution in [0.3, 0.4) is 0 Å². The Balaban J connectivity index is 2.44. The van der Waals surface area contributed by atoms with Crippen LogP contribution in [0.2, 0.25) is 0 Å². The predicted octanol–water partition coefficient (Wildman–Crippen LogP) is 2.54. The topological polar surface area (TPSA) is 32.9 Å². The summed E-state index contributed by atoms with van der Waals surface area (Å²) in [6, 6.07) is 3.03. The average Bonchev–Trinajstić information content (AvgIpc) is 2.50. The number of hydrogen-bond donors (Lipinski definition) is 1. The molecule has 0 unspecified atom stereocenters. The van der Waals surface area contributed by atoms with Gasteiger partial charge in [0.2, 0.25) is 0 Å². The standard InChI is InChI=1S/C8H8F3NO/c9-8(10,11)4-3-7(13)6-2-1-5-12-6/h1-2,5,12H,3-4H2. The first-order chi connectivity index (χ1) is 5.99. The molecule has 5 heteroatoms. The van der Waals surface area contributed by atoms with E-state index in [0.29, 0.717) is 0 Å². The summed E-state index contributed by atoms with van der Waals surface area (Å²) in [5.41, 5.74) is 0.226. The lowest BCUT2D eigenvalue weighted by molar-refractivity contribution is -0.133. The lowest BCUT2D eigenvalue weighted by atomic mass is 10.2. The molecule has 2 nitrogen and oxygen atoms in total. The van der Waals surface area contributed by atoms with Crippen LogP contribution in [-0.4, -0.2) is 16.9 Å². The van der Waals surface area contributed by atoms with Crippen molar-refractivity contribution in [2.24, 2.45) is 0 Å². The molecule has 72 valence electrons. The van der Waals surface area contributed by atoms with Gasteiger partial charge >= 0.3 is 6.18 Å². The Morgan fingerprint density at radius 2 is 2.15 bits per heavy atom. The van der Waals surface area contributed by atoms with Gasteiger partial charge in [-0.25, -0.2) is 0 Å². The molecule has 0 aliphatic rings. The zero-order valence-electron chi connectivity index (χ0n) is 6.69. The van der Waals surface area contributed by atoms with Gasteiger partial charge in [0, 0.05) is 12.6 Å². The monoisotopic (exact) mass is 191 g/mol. The molecule has 0 saturated heterocycles. The van der Waals surface area contributed by atoms with Crippen LogP contribution >= 0.6 is 0 Å². The molecule has 1 N–H and O–H groups in total. The molecule has 0 spiro atoms. The van der Waals surface area contributed by atoms with Gasteiger partial charge in [-0.2, -0.15) is 13.2 Å². The number of Topliss-reactive ketones (excluding diaryl/α,β-unsaturated/α-hetero) is 1. The molecule has 0 radical (unpaired) electrons. The molecular formula is C8H8F3NO. The van der Waals surface area contributed by atoms with Crippen molar-refractivity contribution in [3.63, 3.8) is 0 Å². The van der Waals surface area contributed by atoms with E-state index in [1.807, 2.05) is 0 Å². The number of carbonyl (C=O) groups excluding carboxylic acids is 1. The van der Waals surface area contributed by atoms with E-state index in [1.165, 1.54) is 12.3 Å². The molecule has 0 aliphatic heterocycles. The molecule has 1 aromatic heterocycles. The van der Waals surface area contributed by atoms with Crippen molar-refractivity contribution in [3.8, 4) is 0 Å². The number of carbonyl (C=O) groups is 1. The summed E-state index contributed by atoms with van der Waals surface area (Å²) in [5, 5.41) is 0. The number of aromatic nitrogens is 1. The number of ketones is 1. The second kappa shape index (κ2) is 3.64. The molecule has 0 saturated carbocycles. The van der Waals surface area contributed by atoms with E-state index in [-0.39, 0.29) is 5.69 Å². The fourth-order valence-corrected chi connectivity index (χ4v) is 0.894. The summed E-state index contributed by atoms with van der Waals surface area (Å²) in [5.74, 6) is -0.512. The van der Waals surface area contributed by atoms with Gasteiger partial charge in [0.1, 0.15) is 0 Å². The van der Waals surface area contributed by atoms with Gasteiger partial charge in [0.15, 0.2) is 5.78 Å². The first-order valence-corrected chi connectivity index (χ1v) is 3.72. The van der Waals surface area contributed by atoms with Crippen molar-refractivity contribution in [1.29, 1.82) is 0 Å². The third-order valence-corrected chi connectivity index (χ3v) is 1.53. The number of aromatic amines is 1. The summed E-state index contributed by atoms with van der Waals surface area (Å²) in [6.07, 6.45) is -4.32. The predicted molar refractivity (Wildman–Crippen MR) is 40.4 cm³/mol. The van der Waals surface area contributed by atoms with E-state index < -0.39 is 24.8 Å². The van der Waals surface area contributed by atoms with Crippen LogP contribution in [0.5, 0.6) is 0 Å². The Kier molecular flexibility index (Phi) is 2.75. The largest absolute Gasteiger partial charge is 0.389 e. The van der Waals surface area contributed by atoms with Crippen molar-refractivity contribution in [1.82, 2.24) is 4.98 Å². The van der Waals surface area contributed by atoms with E-state index in [1.54, 1.807) is 6.07 Å². The second-order valence-corrected chi connectivity index (χ2v) is 2.62. The molecule has 0 fully saturated rings. The van der Waals surface area contributed by atoms with Crippen molar-refractivity contribution in [2.45, 2.75) is 19.0 Å². The van der Waals surface area contributed by atoms with Crippen molar-refractivity contribution in [3.05, 3.63) is 24.0 Å². The molecule has 1 rings (SSSR count). The Labute approximate surface area is 72.8 Å². The quantitative estimate of drug-likeness (QED) is 0.731. The number of nitrogens with one attached hydrogen (secondary N) is 1. The molecule has 13 heavy (non-hydrogen) atoms. The van der Waals surface area contributed by atoms with Crippen LogP contribution in [0.1, 0.15) is 23.3 Å². The molecule has 1 aromatic rings. The zero-order valence-corrected chi connectivity index (χ0v) is 6.69. The maximum absolute atomic E-state index is 11.7. The highest BCUT2D eigenvalue weighted by atomic mass is 19.4. The molecular weight excluding hydrogens is 183 g/mol. The highest BCUT2D eigenvalue weighted by Crippen LogP contribution is 2.22. The minimum absolute atomic E-state index is 0.226. The fraction of sp³-hybridized carbons (Fsp3) is 0.375. The highest BCUT2D eigenvalue weighted by molar-refractivity contribution is 5.94. The second-order valence-electron chi connectivity index (χ2n) is 2.62. The highest BCUT2D eigenvalue weighted by Gasteiger charge is 2.28. The van der Waals surface area contributed by atoms with E-state index in [2.05, 4.69) is 4.98 Å². The fourth-order valence-electron chi connectivity index (χ4n) is 0.894. The van der Waals surface area contributed by atoms with Crippen LogP contribution in [0.4, 0.5) is 13.2 Å². The van der Waals surface area contributed by atoms with Gasteiger partial charge in [0.25, 0.3) is 0 Å². The maximum Gasteiger partial charge on any atom is 0.389 e. The lowest BCUT2D eigenvalue weighted by Crippen LogP contribution is -2.11. The summed E-state index contributed by atoms with van der Waals surface area (Å²) in [4.78, 5) is 13.6. The SMILES string of the molecule is O=C(CCC(F)(F)F)c1ccc[nH]1. The zero-order chi connectivity index (χ0) is 9.90. The van der Waals surface area contributed by atoms with Crippen LogP contribution in [0, 0.1) is 0 Å². The summed E-state index contributed by atoms with van der Waals surface area (Å²) in [6.45, 7) is 0. The van der Waals surface area contributed by atoms with Gasteiger partial charge in [-0.05, 0) is 12.1 Å². The lowest BCUT2D eigenvalue weighted by Gasteiger charge is -2.03. The normalized spacial score (nSPS) is 11.6. The first kappa shape index (κ1) is 9.83. The van der Waals surface area contributed by atoms with E-state index in [9.17, 15) is 18.0 Å². The van der Waals surface area contributed by atoms with Gasteiger partial charge in [-0.3, -0.25) is 4.79 Å². The van der Waals surface area contributed by atoms with Crippen LogP contribution in [0.25, 0.3) is 0 Å². The summed E-state index contributed by atoms with van der Waals surface area (Å²) >= 11 is 0. The molecule has 0 aliphatic carbocycles. The van der Waals surface area contributed by atoms with Gasteiger partial charge in [-0.15, -0.1) is 0 Å². The Morgan fingerprint density at radius 1 is 1.46 bits per heavy atom. The van der Waals surface area contributed by atoms with E-state index in [4.69, 9.17) is 0 Å². The third-order valence-electron chi connectivity index (χ3n) is 1.53. The molecule has 0 aromatic carbocycles. The number of H-pyrrole nitrogens is 1.